The number of rotatable bonds is 6. The van der Waals surface area contributed by atoms with E-state index in [1.54, 1.807) is 25.6 Å². The molecule has 6 nitrogen and oxygen atoms in total. The van der Waals surface area contributed by atoms with Crippen LogP contribution < -0.4 is 5.32 Å². The Kier molecular flexibility index (Phi) is 6.15. The predicted octanol–water partition coefficient (Wildman–Crippen LogP) is 3.36. The number of esters is 2. The van der Waals surface area contributed by atoms with Crippen molar-refractivity contribution in [3.63, 3.8) is 0 Å². The SMILES string of the molecule is CCOC(=O)C1(C(=O)OCC)CC2(C(SCC)=Nc3ccccc32)C(CC)N1. The summed E-state index contributed by atoms with van der Waals surface area (Å²) in [5.41, 5.74) is -0.118. The molecule has 0 aromatic heterocycles. The first-order chi connectivity index (χ1) is 13.5. The van der Waals surface area contributed by atoms with E-state index < -0.39 is 22.9 Å². The van der Waals surface area contributed by atoms with E-state index in [0.29, 0.717) is 0 Å². The Balaban J connectivity index is 2.16. The summed E-state index contributed by atoms with van der Waals surface area (Å²) in [6, 6.07) is 7.85. The van der Waals surface area contributed by atoms with Gasteiger partial charge in [0, 0.05) is 12.5 Å². The molecule has 2 heterocycles. The Morgan fingerprint density at radius 3 is 2.36 bits per heavy atom. The molecule has 0 bridgehead atoms. The van der Waals surface area contributed by atoms with Gasteiger partial charge in [0.15, 0.2) is 0 Å². The molecule has 1 fully saturated rings. The smallest absolute Gasteiger partial charge is 0.338 e. The van der Waals surface area contributed by atoms with Crippen LogP contribution in [0.5, 0.6) is 0 Å². The van der Waals surface area contributed by atoms with E-state index in [1.807, 2.05) is 18.2 Å². The average molecular weight is 405 g/mol. The molecule has 1 saturated heterocycles. The largest absolute Gasteiger partial charge is 0.464 e. The highest BCUT2D eigenvalue weighted by molar-refractivity contribution is 8.14. The van der Waals surface area contributed by atoms with Crippen LogP contribution in [0.15, 0.2) is 29.3 Å². The van der Waals surface area contributed by atoms with Crippen molar-refractivity contribution in [1.82, 2.24) is 5.32 Å². The maximum Gasteiger partial charge on any atom is 0.338 e. The first-order valence-electron chi connectivity index (χ1n) is 9.93. The third-order valence-corrected chi connectivity index (χ3v) is 6.50. The topological polar surface area (TPSA) is 77.0 Å². The van der Waals surface area contributed by atoms with Crippen molar-refractivity contribution in [2.45, 2.75) is 57.5 Å². The van der Waals surface area contributed by atoms with E-state index in [-0.39, 0.29) is 25.7 Å². The zero-order valence-corrected chi connectivity index (χ0v) is 17.7. The van der Waals surface area contributed by atoms with Gasteiger partial charge in [0.25, 0.3) is 0 Å². The van der Waals surface area contributed by atoms with Crippen LogP contribution in [-0.4, -0.2) is 47.5 Å². The summed E-state index contributed by atoms with van der Waals surface area (Å²) < 4.78 is 10.7. The summed E-state index contributed by atoms with van der Waals surface area (Å²) in [4.78, 5) is 30.9. The van der Waals surface area contributed by atoms with Gasteiger partial charge >= 0.3 is 11.9 Å². The van der Waals surface area contributed by atoms with Crippen LogP contribution in [-0.2, 0) is 24.5 Å². The van der Waals surface area contributed by atoms with Crippen molar-refractivity contribution in [3.05, 3.63) is 29.8 Å². The first-order valence-corrected chi connectivity index (χ1v) is 10.9. The lowest BCUT2D eigenvalue weighted by atomic mass is 9.72. The number of nitrogens with one attached hydrogen (secondary N) is 1. The number of hydrogen-bond donors (Lipinski definition) is 1. The second-order valence-corrected chi connectivity index (χ2v) is 8.22. The van der Waals surface area contributed by atoms with Gasteiger partial charge in [-0.15, -0.1) is 11.8 Å². The van der Waals surface area contributed by atoms with Crippen molar-refractivity contribution >= 4 is 34.4 Å². The fraction of sp³-hybridized carbons (Fsp3) is 0.571. The molecule has 0 saturated carbocycles. The molecule has 2 unspecified atom stereocenters. The normalized spacial score (nSPS) is 24.7. The number of carbonyl (C=O) groups is 2. The number of thioether (sulfide) groups is 1. The van der Waals surface area contributed by atoms with Gasteiger partial charge in [-0.05, 0) is 37.7 Å². The number of aliphatic imine (C=N–C) groups is 1. The van der Waals surface area contributed by atoms with Crippen LogP contribution >= 0.6 is 11.8 Å². The molecule has 2 atom stereocenters. The van der Waals surface area contributed by atoms with Crippen LogP contribution in [0.4, 0.5) is 5.69 Å². The summed E-state index contributed by atoms with van der Waals surface area (Å²) in [6.07, 6.45) is 0.983. The lowest BCUT2D eigenvalue weighted by molar-refractivity contribution is -0.165. The monoisotopic (exact) mass is 404 g/mol. The number of nitrogens with zero attached hydrogens (tertiary/aromatic N) is 1. The lowest BCUT2D eigenvalue weighted by Gasteiger charge is -2.32. The Hall–Kier alpha value is -1.86. The molecule has 1 N–H and O–H groups in total. The van der Waals surface area contributed by atoms with Gasteiger partial charge in [-0.3, -0.25) is 5.32 Å². The summed E-state index contributed by atoms with van der Waals surface area (Å²) in [7, 11) is 0. The second kappa shape index (κ2) is 8.25. The molecule has 7 heteroatoms. The highest BCUT2D eigenvalue weighted by Gasteiger charge is 2.66. The van der Waals surface area contributed by atoms with E-state index in [0.717, 1.165) is 28.5 Å². The van der Waals surface area contributed by atoms with Gasteiger partial charge in [-0.2, -0.15) is 0 Å². The van der Waals surface area contributed by atoms with Crippen LogP contribution in [0.3, 0.4) is 0 Å². The molecule has 0 radical (unpaired) electrons. The standard InChI is InChI=1S/C21H28N2O4S/c1-5-16-20(14-11-9-10-12-15(14)22-17(20)28-8-4)13-21(23-16,18(24)26-6-2)19(25)27-7-3/h9-12,16,23H,5-8,13H2,1-4H3. The third-order valence-electron chi connectivity index (χ3n) is 5.48. The highest BCUT2D eigenvalue weighted by Crippen LogP contribution is 2.54. The Labute approximate surface area is 170 Å². The van der Waals surface area contributed by atoms with E-state index in [4.69, 9.17) is 14.5 Å². The molecule has 1 aromatic carbocycles. The summed E-state index contributed by atoms with van der Waals surface area (Å²) in [6.45, 7) is 8.02. The van der Waals surface area contributed by atoms with E-state index in [9.17, 15) is 9.59 Å². The molecule has 3 rings (SSSR count). The lowest BCUT2D eigenvalue weighted by Crippen LogP contribution is -2.57. The number of para-hydroxylation sites is 1. The molecule has 2 aliphatic heterocycles. The van der Waals surface area contributed by atoms with Crippen LogP contribution in [0.2, 0.25) is 0 Å². The van der Waals surface area contributed by atoms with Crippen LogP contribution in [0.25, 0.3) is 0 Å². The van der Waals surface area contributed by atoms with Crippen molar-refractivity contribution in [2.24, 2.45) is 4.99 Å². The fourth-order valence-electron chi connectivity index (χ4n) is 4.40. The minimum Gasteiger partial charge on any atom is -0.464 e. The zero-order chi connectivity index (χ0) is 20.4. The van der Waals surface area contributed by atoms with Gasteiger partial charge in [-0.1, -0.05) is 32.0 Å². The molecule has 0 amide bonds. The Morgan fingerprint density at radius 1 is 1.14 bits per heavy atom. The van der Waals surface area contributed by atoms with Crippen molar-refractivity contribution in [2.75, 3.05) is 19.0 Å². The number of fused-ring (bicyclic) bond motifs is 2. The maximum atomic E-state index is 13.0. The molecular formula is C21H28N2O4S. The summed E-state index contributed by atoms with van der Waals surface area (Å²) in [5.74, 6) is -0.292. The highest BCUT2D eigenvalue weighted by atomic mass is 32.2. The summed E-state index contributed by atoms with van der Waals surface area (Å²) in [5, 5.41) is 4.29. The molecule has 28 heavy (non-hydrogen) atoms. The number of carbonyl (C=O) groups excluding carboxylic acids is 2. The van der Waals surface area contributed by atoms with Crippen molar-refractivity contribution in [1.29, 1.82) is 0 Å². The van der Waals surface area contributed by atoms with Gasteiger partial charge in [0.1, 0.15) is 0 Å². The Bertz CT molecular complexity index is 776. The van der Waals surface area contributed by atoms with E-state index >= 15 is 0 Å². The maximum absolute atomic E-state index is 13.0. The van der Waals surface area contributed by atoms with Gasteiger partial charge in [0.2, 0.25) is 5.54 Å². The third kappa shape index (κ3) is 3.05. The second-order valence-electron chi connectivity index (χ2n) is 6.97. The molecule has 1 aromatic rings. The van der Waals surface area contributed by atoms with Crippen LogP contribution in [0, 0.1) is 0 Å². The minimum atomic E-state index is -1.53. The van der Waals surface area contributed by atoms with Crippen molar-refractivity contribution in [3.8, 4) is 0 Å². The number of benzene rings is 1. The van der Waals surface area contributed by atoms with E-state index in [2.05, 4.69) is 25.2 Å². The molecule has 0 aliphatic carbocycles. The van der Waals surface area contributed by atoms with Crippen LogP contribution in [0.1, 0.15) is 46.1 Å². The predicted molar refractivity (Wildman–Crippen MR) is 111 cm³/mol. The van der Waals surface area contributed by atoms with Gasteiger partial charge < -0.3 is 9.47 Å². The van der Waals surface area contributed by atoms with E-state index in [1.165, 1.54) is 0 Å². The molecule has 152 valence electrons. The molecule has 1 spiro atoms. The molecular weight excluding hydrogens is 376 g/mol. The number of ether oxygens (including phenoxy) is 2. The number of hydrogen-bond acceptors (Lipinski definition) is 7. The zero-order valence-electron chi connectivity index (χ0n) is 16.9. The molecule has 2 aliphatic rings. The average Bonchev–Trinajstić information content (AvgIpc) is 3.20. The Morgan fingerprint density at radius 2 is 1.79 bits per heavy atom. The minimum absolute atomic E-state index is 0.136. The first kappa shape index (κ1) is 20.9. The van der Waals surface area contributed by atoms with Gasteiger partial charge in [0.05, 0.1) is 29.4 Å². The quantitative estimate of drug-likeness (QED) is 0.579. The van der Waals surface area contributed by atoms with Crippen molar-refractivity contribution < 1.29 is 19.1 Å². The summed E-state index contributed by atoms with van der Waals surface area (Å²) >= 11 is 1.67. The van der Waals surface area contributed by atoms with Gasteiger partial charge in [-0.25, -0.2) is 14.6 Å². The fourth-order valence-corrected chi connectivity index (χ4v) is 5.41.